The SMILES string of the molecule is CCOCc1ccc(CNC(=NC)NC(C)CCS(C)(=O)=O)cc1.I. The first-order valence-corrected chi connectivity index (χ1v) is 10.2. The van der Waals surface area contributed by atoms with Gasteiger partial charge < -0.3 is 15.4 Å². The molecule has 1 unspecified atom stereocenters. The first-order chi connectivity index (χ1) is 11.3. The number of hydrogen-bond acceptors (Lipinski definition) is 4. The summed E-state index contributed by atoms with van der Waals surface area (Å²) in [5, 5.41) is 6.44. The van der Waals surface area contributed by atoms with Crippen molar-refractivity contribution in [2.45, 2.75) is 39.5 Å². The second-order valence-electron chi connectivity index (χ2n) is 5.84. The molecule has 2 N–H and O–H groups in total. The summed E-state index contributed by atoms with van der Waals surface area (Å²) in [5.74, 6) is 0.828. The van der Waals surface area contributed by atoms with Gasteiger partial charge in [0.05, 0.1) is 12.4 Å². The molecule has 0 bridgehead atoms. The molecule has 1 rings (SSSR count). The summed E-state index contributed by atoms with van der Waals surface area (Å²) in [7, 11) is -1.24. The standard InChI is InChI=1S/C17H29N3O3S.HI/c1-5-23-13-16-8-6-15(7-9-16)12-19-17(18-3)20-14(2)10-11-24(4,21)22;/h6-9,14H,5,10-13H2,1-4H3,(H2,18,19,20);1H. The first kappa shape index (κ1) is 24.1. The Morgan fingerprint density at radius 1 is 1.24 bits per heavy atom. The first-order valence-electron chi connectivity index (χ1n) is 8.14. The van der Waals surface area contributed by atoms with Gasteiger partial charge in [-0.15, -0.1) is 24.0 Å². The van der Waals surface area contributed by atoms with E-state index in [0.717, 1.165) is 11.1 Å². The van der Waals surface area contributed by atoms with Gasteiger partial charge in [0.25, 0.3) is 0 Å². The average molecular weight is 483 g/mol. The van der Waals surface area contributed by atoms with E-state index in [1.165, 1.54) is 6.26 Å². The van der Waals surface area contributed by atoms with Gasteiger partial charge in [0.1, 0.15) is 9.84 Å². The summed E-state index contributed by atoms with van der Waals surface area (Å²) >= 11 is 0. The summed E-state index contributed by atoms with van der Waals surface area (Å²) in [6, 6.07) is 8.25. The van der Waals surface area contributed by atoms with Crippen molar-refractivity contribution in [3.63, 3.8) is 0 Å². The molecular weight excluding hydrogens is 453 g/mol. The van der Waals surface area contributed by atoms with Crippen LogP contribution in [0.25, 0.3) is 0 Å². The third-order valence-corrected chi connectivity index (χ3v) is 4.46. The number of benzene rings is 1. The predicted octanol–water partition coefficient (Wildman–Crippen LogP) is 2.33. The molecule has 1 aromatic rings. The lowest BCUT2D eigenvalue weighted by Crippen LogP contribution is -2.42. The Hall–Kier alpha value is -0.870. The molecule has 0 aliphatic heterocycles. The van der Waals surface area contributed by atoms with Crippen LogP contribution in [-0.2, 0) is 27.7 Å². The fourth-order valence-electron chi connectivity index (χ4n) is 2.05. The Labute approximate surface area is 168 Å². The Kier molecular flexibility index (Phi) is 12.0. The number of nitrogens with one attached hydrogen (secondary N) is 2. The Bertz CT molecular complexity index is 619. The minimum Gasteiger partial charge on any atom is -0.377 e. The highest BCUT2D eigenvalue weighted by Gasteiger charge is 2.09. The van der Waals surface area contributed by atoms with E-state index >= 15 is 0 Å². The van der Waals surface area contributed by atoms with Crippen LogP contribution >= 0.6 is 24.0 Å². The van der Waals surface area contributed by atoms with Crippen molar-refractivity contribution in [2.24, 2.45) is 4.99 Å². The summed E-state index contributed by atoms with van der Waals surface area (Å²) < 4.78 is 27.8. The van der Waals surface area contributed by atoms with Crippen LogP contribution < -0.4 is 10.6 Å². The second kappa shape index (κ2) is 12.5. The fraction of sp³-hybridized carbons (Fsp3) is 0.588. The van der Waals surface area contributed by atoms with Gasteiger partial charge in [-0.2, -0.15) is 0 Å². The number of nitrogens with zero attached hydrogens (tertiary/aromatic N) is 1. The van der Waals surface area contributed by atoms with E-state index in [1.807, 2.05) is 13.8 Å². The van der Waals surface area contributed by atoms with Crippen LogP contribution in [0, 0.1) is 0 Å². The van der Waals surface area contributed by atoms with Crippen molar-refractivity contribution in [3.05, 3.63) is 35.4 Å². The van der Waals surface area contributed by atoms with Crippen LogP contribution in [0.3, 0.4) is 0 Å². The maximum atomic E-state index is 11.2. The normalized spacial score (nSPS) is 13.0. The predicted molar refractivity (Wildman–Crippen MR) is 114 cm³/mol. The van der Waals surface area contributed by atoms with E-state index in [9.17, 15) is 8.42 Å². The number of sulfone groups is 1. The van der Waals surface area contributed by atoms with Gasteiger partial charge in [-0.25, -0.2) is 8.42 Å². The molecule has 6 nitrogen and oxygen atoms in total. The highest BCUT2D eigenvalue weighted by Crippen LogP contribution is 2.05. The largest absolute Gasteiger partial charge is 0.377 e. The van der Waals surface area contributed by atoms with Crippen molar-refractivity contribution in [2.75, 3.05) is 25.7 Å². The third-order valence-electron chi connectivity index (χ3n) is 3.48. The maximum Gasteiger partial charge on any atom is 0.191 e. The van der Waals surface area contributed by atoms with Crippen LogP contribution in [0.4, 0.5) is 0 Å². The van der Waals surface area contributed by atoms with E-state index in [1.54, 1.807) is 7.05 Å². The van der Waals surface area contributed by atoms with E-state index in [4.69, 9.17) is 4.74 Å². The molecule has 0 aromatic heterocycles. The minimum absolute atomic E-state index is 0. The lowest BCUT2D eigenvalue weighted by molar-refractivity contribution is 0.134. The molecule has 0 heterocycles. The van der Waals surface area contributed by atoms with Gasteiger partial charge in [-0.3, -0.25) is 4.99 Å². The third kappa shape index (κ3) is 11.4. The van der Waals surface area contributed by atoms with Crippen LogP contribution in [0.5, 0.6) is 0 Å². The van der Waals surface area contributed by atoms with Crippen molar-refractivity contribution >= 4 is 39.8 Å². The number of rotatable bonds is 9. The Morgan fingerprint density at radius 2 is 1.84 bits per heavy atom. The average Bonchev–Trinajstić information content (AvgIpc) is 2.55. The van der Waals surface area contributed by atoms with Gasteiger partial charge >= 0.3 is 0 Å². The number of hydrogen-bond donors (Lipinski definition) is 2. The molecule has 0 radical (unpaired) electrons. The van der Waals surface area contributed by atoms with Gasteiger partial charge in [-0.1, -0.05) is 24.3 Å². The van der Waals surface area contributed by atoms with Crippen molar-refractivity contribution in [3.8, 4) is 0 Å². The molecule has 0 aliphatic carbocycles. The van der Waals surface area contributed by atoms with E-state index in [2.05, 4.69) is 39.9 Å². The quantitative estimate of drug-likeness (QED) is 0.320. The van der Waals surface area contributed by atoms with E-state index < -0.39 is 9.84 Å². The summed E-state index contributed by atoms with van der Waals surface area (Å²) in [6.45, 7) is 5.91. The fourth-order valence-corrected chi connectivity index (χ4v) is 2.83. The lowest BCUT2D eigenvalue weighted by atomic mass is 10.1. The number of halogens is 1. The molecule has 0 saturated heterocycles. The van der Waals surface area contributed by atoms with Gasteiger partial charge in [0.2, 0.25) is 0 Å². The molecular formula is C17H30IN3O3S. The topological polar surface area (TPSA) is 79.8 Å². The van der Waals surface area contributed by atoms with Gasteiger partial charge in [-0.05, 0) is 31.4 Å². The zero-order valence-corrected chi connectivity index (χ0v) is 18.6. The molecule has 0 fully saturated rings. The van der Waals surface area contributed by atoms with Crippen LogP contribution in [-0.4, -0.2) is 46.1 Å². The number of aliphatic imine (C=N–C) groups is 1. The molecule has 1 aromatic carbocycles. The zero-order valence-electron chi connectivity index (χ0n) is 15.4. The van der Waals surface area contributed by atoms with Crippen LogP contribution in [0.2, 0.25) is 0 Å². The zero-order chi connectivity index (χ0) is 18.0. The number of ether oxygens (including phenoxy) is 1. The van der Waals surface area contributed by atoms with Crippen LogP contribution in [0.1, 0.15) is 31.4 Å². The molecule has 0 saturated carbocycles. The summed E-state index contributed by atoms with van der Waals surface area (Å²) in [5.41, 5.74) is 2.29. The van der Waals surface area contributed by atoms with E-state index in [0.29, 0.717) is 32.1 Å². The summed E-state index contributed by atoms with van der Waals surface area (Å²) in [6.07, 6.45) is 1.80. The van der Waals surface area contributed by atoms with Gasteiger partial charge in [0, 0.05) is 32.5 Å². The van der Waals surface area contributed by atoms with Crippen molar-refractivity contribution in [1.82, 2.24) is 10.6 Å². The molecule has 144 valence electrons. The maximum absolute atomic E-state index is 11.2. The molecule has 1 atom stereocenters. The highest BCUT2D eigenvalue weighted by molar-refractivity contribution is 14.0. The summed E-state index contributed by atoms with van der Waals surface area (Å²) in [4.78, 5) is 4.17. The van der Waals surface area contributed by atoms with Crippen LogP contribution in [0.15, 0.2) is 29.3 Å². The number of guanidine groups is 1. The van der Waals surface area contributed by atoms with Gasteiger partial charge in [0.15, 0.2) is 5.96 Å². The molecule has 0 spiro atoms. The molecule has 8 heteroatoms. The highest BCUT2D eigenvalue weighted by atomic mass is 127. The Balaban J connectivity index is 0.00000576. The van der Waals surface area contributed by atoms with E-state index in [-0.39, 0.29) is 35.8 Å². The molecule has 25 heavy (non-hydrogen) atoms. The lowest BCUT2D eigenvalue weighted by Gasteiger charge is -2.17. The smallest absolute Gasteiger partial charge is 0.191 e. The monoisotopic (exact) mass is 483 g/mol. The minimum atomic E-state index is -2.94. The van der Waals surface area contributed by atoms with Crippen molar-refractivity contribution < 1.29 is 13.2 Å². The molecule has 0 aliphatic rings. The Morgan fingerprint density at radius 3 is 2.36 bits per heavy atom. The second-order valence-corrected chi connectivity index (χ2v) is 8.10. The molecule has 0 amide bonds. The van der Waals surface area contributed by atoms with Crippen molar-refractivity contribution in [1.29, 1.82) is 0 Å².